The second-order valence-corrected chi connectivity index (χ2v) is 5.98. The summed E-state index contributed by atoms with van der Waals surface area (Å²) in [5.74, 6) is 0.00287. The minimum atomic E-state index is -1.08. The number of ketones is 1. The predicted molar refractivity (Wildman–Crippen MR) is 77.3 cm³/mol. The van der Waals surface area contributed by atoms with Gasteiger partial charge in [-0.3, -0.25) is 4.79 Å². The highest BCUT2D eigenvalue weighted by Crippen LogP contribution is 2.29. The van der Waals surface area contributed by atoms with Crippen LogP contribution < -0.4 is 0 Å². The van der Waals surface area contributed by atoms with Crippen LogP contribution in [-0.2, 0) is 11.2 Å². The molecule has 0 atom stereocenters. The van der Waals surface area contributed by atoms with E-state index < -0.39 is 5.60 Å². The first-order chi connectivity index (χ1) is 9.01. The summed E-state index contributed by atoms with van der Waals surface area (Å²) < 4.78 is 0. The summed E-state index contributed by atoms with van der Waals surface area (Å²) in [6.45, 7) is 4.06. The molecule has 104 valence electrons. The van der Waals surface area contributed by atoms with E-state index in [1.54, 1.807) is 0 Å². The van der Waals surface area contributed by atoms with Gasteiger partial charge in [-0.25, -0.2) is 0 Å². The van der Waals surface area contributed by atoms with E-state index in [9.17, 15) is 9.90 Å². The molecule has 0 aliphatic heterocycles. The fourth-order valence-electron chi connectivity index (χ4n) is 2.92. The first-order valence-electron chi connectivity index (χ1n) is 7.33. The molecule has 2 nitrogen and oxygen atoms in total. The molecule has 0 saturated heterocycles. The fraction of sp³-hybridized carbons (Fsp3) is 0.588. The van der Waals surface area contributed by atoms with E-state index in [0.717, 1.165) is 36.8 Å². The summed E-state index contributed by atoms with van der Waals surface area (Å²) in [6.07, 6.45) is 5.85. The molecular weight excluding hydrogens is 236 g/mol. The average Bonchev–Trinajstić information content (AvgIpc) is 2.60. The van der Waals surface area contributed by atoms with Crippen molar-refractivity contribution in [2.45, 2.75) is 64.4 Å². The summed E-state index contributed by atoms with van der Waals surface area (Å²) in [4.78, 5) is 12.5. The van der Waals surface area contributed by atoms with Gasteiger partial charge in [0.25, 0.3) is 0 Å². The number of hydrogen-bond donors (Lipinski definition) is 1. The van der Waals surface area contributed by atoms with Crippen molar-refractivity contribution < 1.29 is 9.90 Å². The van der Waals surface area contributed by atoms with Crippen molar-refractivity contribution in [1.82, 2.24) is 0 Å². The van der Waals surface area contributed by atoms with Gasteiger partial charge in [-0.2, -0.15) is 0 Å². The third-order valence-electron chi connectivity index (χ3n) is 4.31. The minimum absolute atomic E-state index is 0.00287. The zero-order valence-electron chi connectivity index (χ0n) is 12.0. The van der Waals surface area contributed by atoms with Crippen molar-refractivity contribution in [1.29, 1.82) is 0 Å². The zero-order valence-corrected chi connectivity index (χ0v) is 12.0. The first kappa shape index (κ1) is 14.3. The Bertz CT molecular complexity index is 454. The molecule has 0 bridgehead atoms. The van der Waals surface area contributed by atoms with Crippen molar-refractivity contribution >= 4 is 5.78 Å². The molecule has 2 heteroatoms. The van der Waals surface area contributed by atoms with Crippen LogP contribution >= 0.6 is 0 Å². The second kappa shape index (κ2) is 5.87. The zero-order chi connectivity index (χ0) is 13.9. The fourth-order valence-corrected chi connectivity index (χ4v) is 2.92. The molecule has 1 aromatic carbocycles. The Balaban J connectivity index is 2.13. The highest BCUT2D eigenvalue weighted by atomic mass is 16.3. The Morgan fingerprint density at radius 1 is 1.16 bits per heavy atom. The quantitative estimate of drug-likeness (QED) is 0.845. The Morgan fingerprint density at radius 3 is 2.42 bits per heavy atom. The number of benzene rings is 1. The van der Waals surface area contributed by atoms with Crippen molar-refractivity contribution in [3.63, 3.8) is 0 Å². The van der Waals surface area contributed by atoms with Crippen LogP contribution in [0.25, 0.3) is 0 Å². The molecule has 1 aromatic rings. The maximum atomic E-state index is 12.5. The van der Waals surface area contributed by atoms with Crippen LogP contribution in [0.2, 0.25) is 0 Å². The Kier molecular flexibility index (Phi) is 4.41. The summed E-state index contributed by atoms with van der Waals surface area (Å²) in [7, 11) is 0. The van der Waals surface area contributed by atoms with E-state index in [1.807, 2.05) is 13.8 Å². The van der Waals surface area contributed by atoms with E-state index in [4.69, 9.17) is 0 Å². The van der Waals surface area contributed by atoms with E-state index >= 15 is 0 Å². The van der Waals surface area contributed by atoms with Gasteiger partial charge in [0.1, 0.15) is 5.60 Å². The van der Waals surface area contributed by atoms with Crippen LogP contribution in [0, 0.1) is 13.8 Å². The first-order valence-corrected chi connectivity index (χ1v) is 7.33. The minimum Gasteiger partial charge on any atom is -0.382 e. The van der Waals surface area contributed by atoms with Crippen LogP contribution in [0.1, 0.15) is 55.2 Å². The molecule has 1 N–H and O–H groups in total. The number of aliphatic hydroxyl groups is 1. The maximum absolute atomic E-state index is 12.5. The average molecular weight is 260 g/mol. The van der Waals surface area contributed by atoms with Crippen molar-refractivity contribution in [2.75, 3.05) is 0 Å². The van der Waals surface area contributed by atoms with Crippen LogP contribution in [0.3, 0.4) is 0 Å². The summed E-state index contributed by atoms with van der Waals surface area (Å²) in [5, 5.41) is 10.6. The van der Waals surface area contributed by atoms with Gasteiger partial charge in [-0.1, -0.05) is 49.4 Å². The largest absolute Gasteiger partial charge is 0.382 e. The standard InChI is InChI=1S/C17H24O2/c1-13-7-8-14(2)15(11-13)12-16(18)17(19)9-5-3-4-6-10-17/h7-8,11,19H,3-6,9-10,12H2,1-2H3. The van der Waals surface area contributed by atoms with Crippen LogP contribution in [-0.4, -0.2) is 16.5 Å². The molecule has 0 unspecified atom stereocenters. The molecule has 0 radical (unpaired) electrons. The Hall–Kier alpha value is -1.15. The topological polar surface area (TPSA) is 37.3 Å². The molecule has 0 spiro atoms. The number of aryl methyl sites for hydroxylation is 2. The molecule has 0 heterocycles. The van der Waals surface area contributed by atoms with E-state index in [0.29, 0.717) is 19.3 Å². The number of carbonyl (C=O) groups is 1. The SMILES string of the molecule is Cc1ccc(C)c(CC(=O)C2(O)CCCCCC2)c1. The molecule has 0 amide bonds. The second-order valence-electron chi connectivity index (χ2n) is 5.98. The number of hydrogen-bond acceptors (Lipinski definition) is 2. The molecule has 1 aliphatic carbocycles. The Labute approximate surface area is 115 Å². The molecule has 0 aromatic heterocycles. The lowest BCUT2D eigenvalue weighted by Gasteiger charge is -2.25. The number of rotatable bonds is 3. The monoisotopic (exact) mass is 260 g/mol. The van der Waals surface area contributed by atoms with Crippen molar-refractivity contribution in [3.8, 4) is 0 Å². The van der Waals surface area contributed by atoms with Gasteiger partial charge in [0.05, 0.1) is 0 Å². The van der Waals surface area contributed by atoms with Crippen LogP contribution in [0.4, 0.5) is 0 Å². The third kappa shape index (κ3) is 3.44. The van der Waals surface area contributed by atoms with Gasteiger partial charge in [0, 0.05) is 6.42 Å². The molecule has 1 aliphatic rings. The lowest BCUT2D eigenvalue weighted by Crippen LogP contribution is -2.39. The van der Waals surface area contributed by atoms with E-state index in [-0.39, 0.29) is 5.78 Å². The molecule has 1 fully saturated rings. The lowest BCUT2D eigenvalue weighted by atomic mass is 9.85. The van der Waals surface area contributed by atoms with Crippen LogP contribution in [0.15, 0.2) is 18.2 Å². The molecule has 19 heavy (non-hydrogen) atoms. The predicted octanol–water partition coefficient (Wildman–Crippen LogP) is 3.50. The van der Waals surface area contributed by atoms with Gasteiger partial charge in [-0.05, 0) is 37.8 Å². The summed E-state index contributed by atoms with van der Waals surface area (Å²) >= 11 is 0. The Morgan fingerprint density at radius 2 is 1.79 bits per heavy atom. The number of carbonyl (C=O) groups excluding carboxylic acids is 1. The molecule has 1 saturated carbocycles. The van der Waals surface area contributed by atoms with Crippen molar-refractivity contribution in [3.05, 3.63) is 34.9 Å². The number of Topliss-reactive ketones (excluding diaryl/α,β-unsaturated/α-hetero) is 1. The maximum Gasteiger partial charge on any atom is 0.168 e. The normalized spacial score (nSPS) is 18.9. The lowest BCUT2D eigenvalue weighted by molar-refractivity contribution is -0.138. The summed E-state index contributed by atoms with van der Waals surface area (Å²) in [6, 6.07) is 6.17. The highest BCUT2D eigenvalue weighted by Gasteiger charge is 2.35. The van der Waals surface area contributed by atoms with Crippen molar-refractivity contribution in [2.24, 2.45) is 0 Å². The van der Waals surface area contributed by atoms with Gasteiger partial charge in [0.2, 0.25) is 0 Å². The van der Waals surface area contributed by atoms with E-state index in [2.05, 4.69) is 18.2 Å². The molecular formula is C17H24O2. The van der Waals surface area contributed by atoms with Gasteiger partial charge >= 0.3 is 0 Å². The third-order valence-corrected chi connectivity index (χ3v) is 4.31. The van der Waals surface area contributed by atoms with Crippen LogP contribution in [0.5, 0.6) is 0 Å². The summed E-state index contributed by atoms with van der Waals surface area (Å²) in [5.41, 5.74) is 2.28. The molecule has 2 rings (SSSR count). The smallest absolute Gasteiger partial charge is 0.168 e. The van der Waals surface area contributed by atoms with Gasteiger partial charge in [-0.15, -0.1) is 0 Å². The van der Waals surface area contributed by atoms with Gasteiger partial charge in [0.15, 0.2) is 5.78 Å². The van der Waals surface area contributed by atoms with E-state index in [1.165, 1.54) is 5.56 Å². The highest BCUT2D eigenvalue weighted by molar-refractivity contribution is 5.89. The van der Waals surface area contributed by atoms with Gasteiger partial charge < -0.3 is 5.11 Å².